The molecule has 0 bridgehead atoms. The van der Waals surface area contributed by atoms with Crippen LogP contribution in [-0.2, 0) is 9.59 Å². The average Bonchev–Trinajstić information content (AvgIpc) is 2.25. The largest absolute Gasteiger partial charge is 0.477 e. The Bertz CT molecular complexity index is 290. The Hall–Kier alpha value is -1.32. The number of hydrogen-bond donors (Lipinski definition) is 2. The minimum atomic E-state index is -1.34. The molecule has 0 spiro atoms. The molecule has 0 aromatic rings. The van der Waals surface area contributed by atoms with Crippen molar-refractivity contribution in [2.75, 3.05) is 0 Å². The molecule has 0 amide bonds. The molecule has 0 aromatic heterocycles. The molecule has 0 radical (unpaired) electrons. The molecule has 0 heterocycles. The van der Waals surface area contributed by atoms with Crippen LogP contribution in [0.3, 0.4) is 0 Å². The normalized spacial score (nSPS) is 24.8. The lowest BCUT2D eigenvalue weighted by molar-refractivity contribution is -0.140. The summed E-state index contributed by atoms with van der Waals surface area (Å²) in [5, 5.41) is 17.6. The van der Waals surface area contributed by atoms with E-state index in [1.807, 2.05) is 0 Å². The van der Waals surface area contributed by atoms with Crippen molar-refractivity contribution < 1.29 is 19.8 Å². The van der Waals surface area contributed by atoms with Gasteiger partial charge >= 0.3 is 11.9 Å². The van der Waals surface area contributed by atoms with E-state index in [1.165, 1.54) is 12.5 Å². The lowest BCUT2D eigenvalue weighted by Crippen LogP contribution is -2.20. The fourth-order valence-electron chi connectivity index (χ4n) is 2.41. The first-order chi connectivity index (χ1) is 7.56. The first-order valence-electron chi connectivity index (χ1n) is 5.74. The van der Waals surface area contributed by atoms with E-state index < -0.39 is 17.5 Å². The van der Waals surface area contributed by atoms with Crippen LogP contribution < -0.4 is 0 Å². The second kappa shape index (κ2) is 5.68. The van der Waals surface area contributed by atoms with Gasteiger partial charge in [-0.1, -0.05) is 32.3 Å². The molecule has 2 atom stereocenters. The Balaban J connectivity index is 2.84. The van der Waals surface area contributed by atoms with Gasteiger partial charge in [-0.15, -0.1) is 0 Å². The van der Waals surface area contributed by atoms with Gasteiger partial charge in [0.15, 0.2) is 0 Å². The molecule has 0 aliphatic heterocycles. The van der Waals surface area contributed by atoms with Gasteiger partial charge < -0.3 is 10.2 Å². The van der Waals surface area contributed by atoms with Crippen molar-refractivity contribution in [1.29, 1.82) is 0 Å². The minimum Gasteiger partial charge on any atom is -0.477 e. The summed E-state index contributed by atoms with van der Waals surface area (Å²) in [5.41, 5.74) is -0.481. The molecule has 90 valence electrons. The topological polar surface area (TPSA) is 74.6 Å². The zero-order valence-corrected chi connectivity index (χ0v) is 9.48. The molecular formula is C12H18O4. The van der Waals surface area contributed by atoms with E-state index in [2.05, 4.69) is 6.92 Å². The van der Waals surface area contributed by atoms with Crippen molar-refractivity contribution in [3.8, 4) is 0 Å². The van der Waals surface area contributed by atoms with Gasteiger partial charge in [-0.2, -0.15) is 0 Å². The molecule has 0 aromatic carbocycles. The fourth-order valence-corrected chi connectivity index (χ4v) is 2.41. The Morgan fingerprint density at radius 2 is 1.75 bits per heavy atom. The van der Waals surface area contributed by atoms with Crippen molar-refractivity contribution in [3.05, 3.63) is 11.6 Å². The maximum Gasteiger partial charge on any atom is 0.342 e. The third-order valence-corrected chi connectivity index (χ3v) is 3.33. The van der Waals surface area contributed by atoms with Crippen molar-refractivity contribution in [3.63, 3.8) is 0 Å². The van der Waals surface area contributed by atoms with Crippen LogP contribution >= 0.6 is 0 Å². The highest BCUT2D eigenvalue weighted by atomic mass is 16.4. The highest BCUT2D eigenvalue weighted by Crippen LogP contribution is 2.33. The van der Waals surface area contributed by atoms with Crippen LogP contribution in [0, 0.1) is 11.8 Å². The number of hydrogen-bond acceptors (Lipinski definition) is 2. The molecule has 1 aliphatic carbocycles. The van der Waals surface area contributed by atoms with Crippen molar-refractivity contribution in [2.45, 2.75) is 39.0 Å². The van der Waals surface area contributed by atoms with Crippen LogP contribution in [0.2, 0.25) is 0 Å². The van der Waals surface area contributed by atoms with Crippen LogP contribution in [0.25, 0.3) is 0 Å². The number of aliphatic carboxylic acids is 2. The maximum atomic E-state index is 10.8. The van der Waals surface area contributed by atoms with Gasteiger partial charge in [-0.3, -0.25) is 0 Å². The standard InChI is InChI=1S/C12H18O4/c1-2-8-5-3-4-6-9(8)7-10(11(13)14)12(15)16/h7-9H,2-6H2,1H3,(H,13,14)(H,15,16). The summed E-state index contributed by atoms with van der Waals surface area (Å²) in [6.45, 7) is 2.07. The van der Waals surface area contributed by atoms with Gasteiger partial charge in [0.25, 0.3) is 0 Å². The molecule has 0 saturated heterocycles. The summed E-state index contributed by atoms with van der Waals surface area (Å²) in [7, 11) is 0. The van der Waals surface area contributed by atoms with Crippen LogP contribution in [-0.4, -0.2) is 22.2 Å². The number of carbonyl (C=O) groups is 2. The number of carboxylic acid groups (broad SMARTS) is 2. The zero-order chi connectivity index (χ0) is 12.1. The predicted molar refractivity (Wildman–Crippen MR) is 59.1 cm³/mol. The van der Waals surface area contributed by atoms with E-state index in [9.17, 15) is 9.59 Å². The van der Waals surface area contributed by atoms with Crippen LogP contribution in [0.5, 0.6) is 0 Å². The van der Waals surface area contributed by atoms with Crippen molar-refractivity contribution >= 4 is 11.9 Å². The van der Waals surface area contributed by atoms with E-state index >= 15 is 0 Å². The van der Waals surface area contributed by atoms with E-state index in [0.29, 0.717) is 5.92 Å². The van der Waals surface area contributed by atoms with E-state index in [1.54, 1.807) is 0 Å². The summed E-state index contributed by atoms with van der Waals surface area (Å²) in [6, 6.07) is 0. The molecule has 2 N–H and O–H groups in total. The molecule has 1 rings (SSSR count). The third kappa shape index (κ3) is 3.08. The summed E-state index contributed by atoms with van der Waals surface area (Å²) in [4.78, 5) is 21.5. The van der Waals surface area contributed by atoms with Gasteiger partial charge in [0.2, 0.25) is 0 Å². The lowest BCUT2D eigenvalue weighted by atomic mass is 9.77. The number of allylic oxidation sites excluding steroid dienone is 1. The molecule has 1 fully saturated rings. The first kappa shape index (κ1) is 12.7. The van der Waals surface area contributed by atoms with Crippen LogP contribution in [0.1, 0.15) is 39.0 Å². The van der Waals surface area contributed by atoms with Gasteiger partial charge in [0, 0.05) is 0 Å². The van der Waals surface area contributed by atoms with Gasteiger partial charge in [-0.25, -0.2) is 9.59 Å². The van der Waals surface area contributed by atoms with Gasteiger partial charge in [-0.05, 0) is 24.7 Å². The molecular weight excluding hydrogens is 208 g/mol. The molecule has 4 heteroatoms. The van der Waals surface area contributed by atoms with E-state index in [0.717, 1.165) is 25.7 Å². The Morgan fingerprint density at radius 3 is 2.25 bits per heavy atom. The maximum absolute atomic E-state index is 10.8. The van der Waals surface area contributed by atoms with E-state index in [-0.39, 0.29) is 5.92 Å². The first-order valence-corrected chi connectivity index (χ1v) is 5.74. The monoisotopic (exact) mass is 226 g/mol. The SMILES string of the molecule is CCC1CCCCC1C=C(C(=O)O)C(=O)O. The Morgan fingerprint density at radius 1 is 1.19 bits per heavy atom. The highest BCUT2D eigenvalue weighted by Gasteiger charge is 2.25. The highest BCUT2D eigenvalue weighted by molar-refractivity contribution is 6.12. The zero-order valence-electron chi connectivity index (χ0n) is 9.48. The lowest BCUT2D eigenvalue weighted by Gasteiger charge is -2.28. The van der Waals surface area contributed by atoms with Crippen molar-refractivity contribution in [1.82, 2.24) is 0 Å². The average molecular weight is 226 g/mol. The molecule has 16 heavy (non-hydrogen) atoms. The quantitative estimate of drug-likeness (QED) is 0.438. The molecule has 2 unspecified atom stereocenters. The summed E-state index contributed by atoms with van der Waals surface area (Å²) >= 11 is 0. The Labute approximate surface area is 95.0 Å². The molecule has 1 saturated carbocycles. The Kier molecular flexibility index (Phi) is 4.52. The van der Waals surface area contributed by atoms with E-state index in [4.69, 9.17) is 10.2 Å². The van der Waals surface area contributed by atoms with Crippen LogP contribution in [0.4, 0.5) is 0 Å². The molecule has 4 nitrogen and oxygen atoms in total. The predicted octanol–water partition coefficient (Wildman–Crippen LogP) is 2.30. The van der Waals surface area contributed by atoms with Crippen LogP contribution in [0.15, 0.2) is 11.6 Å². The number of carboxylic acids is 2. The molecule has 1 aliphatic rings. The van der Waals surface area contributed by atoms with Crippen molar-refractivity contribution in [2.24, 2.45) is 11.8 Å². The second-order valence-electron chi connectivity index (χ2n) is 4.31. The third-order valence-electron chi connectivity index (χ3n) is 3.33. The minimum absolute atomic E-state index is 0.112. The second-order valence-corrected chi connectivity index (χ2v) is 4.31. The van der Waals surface area contributed by atoms with Gasteiger partial charge in [0.05, 0.1) is 0 Å². The summed E-state index contributed by atoms with van der Waals surface area (Å²) in [6.07, 6.45) is 6.63. The smallest absolute Gasteiger partial charge is 0.342 e. The fraction of sp³-hybridized carbons (Fsp3) is 0.667. The number of rotatable bonds is 4. The summed E-state index contributed by atoms with van der Waals surface area (Å²) < 4.78 is 0. The van der Waals surface area contributed by atoms with Gasteiger partial charge in [0.1, 0.15) is 5.57 Å². The summed E-state index contributed by atoms with van der Waals surface area (Å²) in [5.74, 6) is -2.13.